The summed E-state index contributed by atoms with van der Waals surface area (Å²) in [6.45, 7) is 3.82. The van der Waals surface area contributed by atoms with Gasteiger partial charge in [0.2, 0.25) is 18.0 Å². The normalized spacial score (nSPS) is 19.5. The molecule has 1 amide bonds. The number of pyridine rings is 1. The molecule has 10 nitrogen and oxygen atoms in total. The van der Waals surface area contributed by atoms with Gasteiger partial charge in [0, 0.05) is 35.9 Å². The van der Waals surface area contributed by atoms with Crippen LogP contribution in [-0.4, -0.2) is 67.5 Å². The second-order valence-electron chi connectivity index (χ2n) is 10.7. The van der Waals surface area contributed by atoms with Gasteiger partial charge in [-0.25, -0.2) is 8.78 Å². The summed E-state index contributed by atoms with van der Waals surface area (Å²) in [4.78, 5) is 41.6. The number of ether oxygens (including phenoxy) is 3. The van der Waals surface area contributed by atoms with Gasteiger partial charge < -0.3 is 23.7 Å². The van der Waals surface area contributed by atoms with Gasteiger partial charge in [-0.1, -0.05) is 24.3 Å². The summed E-state index contributed by atoms with van der Waals surface area (Å²) >= 11 is 1.36. The van der Waals surface area contributed by atoms with Crippen LogP contribution in [0.5, 0.6) is 5.75 Å². The number of halogens is 2. The molecule has 43 heavy (non-hydrogen) atoms. The molecule has 3 aromatic rings. The van der Waals surface area contributed by atoms with E-state index < -0.39 is 60.8 Å². The van der Waals surface area contributed by atoms with Crippen LogP contribution in [-0.2, 0) is 24.6 Å². The number of carbonyl (C=O) groups excluding carboxylic acids is 2. The van der Waals surface area contributed by atoms with Gasteiger partial charge >= 0.3 is 5.97 Å². The van der Waals surface area contributed by atoms with Crippen molar-refractivity contribution >= 4 is 36.1 Å². The fourth-order valence-electron chi connectivity index (χ4n) is 5.71. The number of rotatable bonds is 5. The lowest BCUT2D eigenvalue weighted by Crippen LogP contribution is -2.67. The summed E-state index contributed by atoms with van der Waals surface area (Å²) < 4.78 is 61.3. The number of morpholine rings is 1. The molecular formula is C29H28F2N3O7PS. The van der Waals surface area contributed by atoms with Crippen LogP contribution in [0.15, 0.2) is 52.3 Å². The first-order valence-corrected chi connectivity index (χ1v) is 17.0. The predicted molar refractivity (Wildman–Crippen MR) is 155 cm³/mol. The molecule has 0 saturated carbocycles. The monoisotopic (exact) mass is 631 g/mol. The van der Waals surface area contributed by atoms with E-state index in [1.807, 2.05) is 24.3 Å². The Balaban J connectivity index is 1.68. The number of amides is 1. The van der Waals surface area contributed by atoms with E-state index in [-0.39, 0.29) is 42.1 Å². The topological polar surface area (TPSA) is 107 Å². The number of carbonyl (C=O) groups is 2. The largest absolute Gasteiger partial charge is 0.451 e. The molecule has 0 spiro atoms. The molecule has 2 aromatic carbocycles. The van der Waals surface area contributed by atoms with Crippen molar-refractivity contribution in [3.63, 3.8) is 0 Å². The van der Waals surface area contributed by atoms with E-state index in [1.165, 1.54) is 53.9 Å². The third-order valence-corrected chi connectivity index (χ3v) is 10.3. The van der Waals surface area contributed by atoms with Crippen LogP contribution in [0, 0.1) is 11.6 Å². The van der Waals surface area contributed by atoms with Crippen LogP contribution in [0.4, 0.5) is 8.78 Å². The van der Waals surface area contributed by atoms with E-state index in [9.17, 15) is 23.3 Å². The second-order valence-corrected chi connectivity index (χ2v) is 14.9. The maximum absolute atomic E-state index is 15.4. The summed E-state index contributed by atoms with van der Waals surface area (Å²) in [6.07, 6.45) is 0.613. The number of aromatic nitrogens is 1. The number of nitrogens with zero attached hydrogens (tertiary/aromatic N) is 3. The zero-order valence-electron chi connectivity index (χ0n) is 23.5. The summed E-state index contributed by atoms with van der Waals surface area (Å²) in [5, 5.41) is 1.67. The van der Waals surface area contributed by atoms with Gasteiger partial charge in [-0.15, -0.1) is 11.8 Å². The summed E-state index contributed by atoms with van der Waals surface area (Å²) in [5.41, 5.74) is 0.433. The molecule has 0 N–H and O–H groups in total. The number of thioether (sulfide) groups is 1. The van der Waals surface area contributed by atoms with Gasteiger partial charge in [-0.3, -0.25) is 24.1 Å². The first kappa shape index (κ1) is 29.4. The molecule has 0 radical (unpaired) electrons. The van der Waals surface area contributed by atoms with Gasteiger partial charge in [0.15, 0.2) is 17.3 Å². The van der Waals surface area contributed by atoms with Crippen LogP contribution >= 0.6 is 18.9 Å². The smallest absolute Gasteiger partial charge is 0.305 e. The molecule has 1 aromatic heterocycles. The molecule has 2 atom stereocenters. The van der Waals surface area contributed by atoms with Gasteiger partial charge in [-0.05, 0) is 36.6 Å². The van der Waals surface area contributed by atoms with Crippen molar-refractivity contribution in [2.75, 3.05) is 44.9 Å². The van der Waals surface area contributed by atoms with Gasteiger partial charge in [-0.2, -0.15) is 0 Å². The lowest BCUT2D eigenvalue weighted by molar-refractivity contribution is -0.147. The Hall–Kier alpha value is -3.67. The lowest BCUT2D eigenvalue weighted by Gasteiger charge is -2.51. The fraction of sp³-hybridized carbons (Fsp3) is 0.345. The molecule has 226 valence electrons. The van der Waals surface area contributed by atoms with Crippen molar-refractivity contribution in [3.05, 3.63) is 86.8 Å². The molecule has 14 heteroatoms. The van der Waals surface area contributed by atoms with E-state index in [2.05, 4.69) is 0 Å². The Bertz CT molecular complexity index is 1760. The molecule has 6 rings (SSSR count). The number of benzene rings is 2. The zero-order valence-corrected chi connectivity index (χ0v) is 25.3. The first-order chi connectivity index (χ1) is 20.5. The van der Waals surface area contributed by atoms with E-state index >= 15 is 4.39 Å². The zero-order chi connectivity index (χ0) is 30.6. The molecule has 0 aliphatic carbocycles. The average Bonchev–Trinajstić information content (AvgIpc) is 3.13. The minimum atomic E-state index is -3.28. The van der Waals surface area contributed by atoms with Gasteiger partial charge in [0.05, 0.1) is 24.6 Å². The summed E-state index contributed by atoms with van der Waals surface area (Å²) in [7, 11) is -3.28. The SMILES string of the molecule is CC(=O)OCOc1c2n(cc(P(C)(C)=O)c1=O)N([C@@H]1c3ccccc3SCc3c1ccc(F)c3F)[C@@H]1COCCN1C2=O. The predicted octanol–water partition coefficient (Wildman–Crippen LogP) is 3.42. The third kappa shape index (κ3) is 5.03. The van der Waals surface area contributed by atoms with E-state index in [0.717, 1.165) is 16.5 Å². The number of hydrogen-bond donors (Lipinski definition) is 0. The highest BCUT2D eigenvalue weighted by Crippen LogP contribution is 2.45. The van der Waals surface area contributed by atoms with Crippen molar-refractivity contribution < 1.29 is 37.1 Å². The molecule has 0 unspecified atom stereocenters. The Labute approximate surface area is 249 Å². The summed E-state index contributed by atoms with van der Waals surface area (Å²) in [6, 6.07) is 9.23. The van der Waals surface area contributed by atoms with Gasteiger partial charge in [0.1, 0.15) is 13.3 Å². The van der Waals surface area contributed by atoms with Crippen LogP contribution < -0.4 is 20.5 Å². The van der Waals surface area contributed by atoms with Crippen molar-refractivity contribution in [2.45, 2.75) is 29.8 Å². The summed E-state index contributed by atoms with van der Waals surface area (Å²) in [5.74, 6) is -3.43. The quantitative estimate of drug-likeness (QED) is 0.238. The van der Waals surface area contributed by atoms with Crippen molar-refractivity contribution in [2.24, 2.45) is 0 Å². The first-order valence-electron chi connectivity index (χ1n) is 13.5. The van der Waals surface area contributed by atoms with Crippen molar-refractivity contribution in [1.82, 2.24) is 9.58 Å². The van der Waals surface area contributed by atoms with Crippen molar-refractivity contribution in [1.29, 1.82) is 0 Å². The van der Waals surface area contributed by atoms with E-state index in [0.29, 0.717) is 5.56 Å². The standard InChI is InChI=1S/C29H28F2N3O7PS/c1-16(35)40-15-41-28-26-29(37)32-10-11-39-13-23(32)34(33(26)12-21(27(28)36)42(2,3)38)25-17-8-9-20(30)24(31)19(17)14-43-22-7-5-4-6-18(22)25/h4-9,12,23,25H,10-11,13-15H2,1-3H3/t23-,25+/m1/s1. The highest BCUT2D eigenvalue weighted by Gasteiger charge is 2.47. The molecule has 0 bridgehead atoms. The highest BCUT2D eigenvalue weighted by molar-refractivity contribution is 7.98. The minimum Gasteiger partial charge on any atom is -0.451 e. The Morgan fingerprint density at radius 3 is 2.65 bits per heavy atom. The maximum atomic E-state index is 15.4. The van der Waals surface area contributed by atoms with E-state index in [4.69, 9.17) is 14.2 Å². The lowest BCUT2D eigenvalue weighted by atomic mass is 9.93. The van der Waals surface area contributed by atoms with Crippen LogP contribution in [0.2, 0.25) is 0 Å². The Kier molecular flexibility index (Phi) is 7.60. The number of esters is 1. The molecule has 3 aliphatic rings. The number of hydrogen-bond acceptors (Lipinski definition) is 9. The number of fused-ring (bicyclic) bond motifs is 4. The Morgan fingerprint density at radius 1 is 1.14 bits per heavy atom. The Morgan fingerprint density at radius 2 is 1.91 bits per heavy atom. The minimum absolute atomic E-state index is 0.0665. The third-order valence-electron chi connectivity index (χ3n) is 7.67. The maximum Gasteiger partial charge on any atom is 0.305 e. The molecule has 3 aliphatic heterocycles. The van der Waals surface area contributed by atoms with Crippen LogP contribution in [0.3, 0.4) is 0 Å². The van der Waals surface area contributed by atoms with Crippen LogP contribution in [0.1, 0.15) is 40.1 Å². The van der Waals surface area contributed by atoms with Crippen LogP contribution in [0.25, 0.3) is 0 Å². The fourth-order valence-corrected chi connectivity index (χ4v) is 7.80. The second kappa shape index (κ2) is 11.1. The molecule has 4 heterocycles. The van der Waals surface area contributed by atoms with Crippen molar-refractivity contribution in [3.8, 4) is 5.75 Å². The molecule has 1 saturated heterocycles. The molecular weight excluding hydrogens is 603 g/mol. The van der Waals surface area contributed by atoms with E-state index in [1.54, 1.807) is 5.01 Å². The average molecular weight is 632 g/mol. The molecule has 1 fully saturated rings. The van der Waals surface area contributed by atoms with Gasteiger partial charge in [0.25, 0.3) is 5.91 Å². The highest BCUT2D eigenvalue weighted by atomic mass is 32.2.